The lowest BCUT2D eigenvalue weighted by atomic mass is 10.0. The predicted octanol–water partition coefficient (Wildman–Crippen LogP) is 3.48. The normalized spacial score (nSPS) is 19.5. The summed E-state index contributed by atoms with van der Waals surface area (Å²) in [6.07, 6.45) is 2.15. The zero-order valence-electron chi connectivity index (χ0n) is 11.4. The molecule has 1 aromatic carbocycles. The number of aliphatic carboxylic acids is 1. The standard InChI is InChI=1S/C15H20BrNO2/c1-3-17(9-10(2)15(18)19)14-8-7-11-12(14)5-4-6-13(11)16/h4-6,10,14H,3,7-9H2,1-2H3,(H,18,19). The Hall–Kier alpha value is -0.870. The average molecular weight is 326 g/mol. The summed E-state index contributed by atoms with van der Waals surface area (Å²) in [5.41, 5.74) is 2.74. The van der Waals surface area contributed by atoms with Crippen LogP contribution >= 0.6 is 15.9 Å². The van der Waals surface area contributed by atoms with Crippen molar-refractivity contribution in [1.29, 1.82) is 0 Å². The first-order valence-corrected chi connectivity index (χ1v) is 7.58. The molecule has 0 bridgehead atoms. The maximum atomic E-state index is 11.0. The quantitative estimate of drug-likeness (QED) is 0.901. The van der Waals surface area contributed by atoms with Gasteiger partial charge in [0.15, 0.2) is 0 Å². The molecule has 1 aliphatic rings. The van der Waals surface area contributed by atoms with Crippen molar-refractivity contribution in [2.45, 2.75) is 32.7 Å². The Morgan fingerprint density at radius 2 is 2.32 bits per heavy atom. The fourth-order valence-electron chi connectivity index (χ4n) is 2.87. The van der Waals surface area contributed by atoms with Gasteiger partial charge in [-0.3, -0.25) is 9.69 Å². The van der Waals surface area contributed by atoms with Crippen molar-refractivity contribution in [3.63, 3.8) is 0 Å². The van der Waals surface area contributed by atoms with Gasteiger partial charge in [0.25, 0.3) is 0 Å². The number of rotatable bonds is 5. The van der Waals surface area contributed by atoms with Crippen molar-refractivity contribution in [3.8, 4) is 0 Å². The van der Waals surface area contributed by atoms with Crippen molar-refractivity contribution >= 4 is 21.9 Å². The van der Waals surface area contributed by atoms with Crippen molar-refractivity contribution in [3.05, 3.63) is 33.8 Å². The Bertz CT molecular complexity index is 475. The second kappa shape index (κ2) is 6.06. The summed E-state index contributed by atoms with van der Waals surface area (Å²) in [6.45, 7) is 5.38. The molecule has 2 rings (SSSR count). The van der Waals surface area contributed by atoms with Gasteiger partial charge in [0.2, 0.25) is 0 Å². The van der Waals surface area contributed by atoms with Gasteiger partial charge in [0, 0.05) is 17.1 Å². The monoisotopic (exact) mass is 325 g/mol. The van der Waals surface area contributed by atoms with Crippen LogP contribution in [0.3, 0.4) is 0 Å². The van der Waals surface area contributed by atoms with E-state index in [9.17, 15) is 4.79 Å². The van der Waals surface area contributed by atoms with E-state index in [1.165, 1.54) is 15.6 Å². The van der Waals surface area contributed by atoms with Crippen LogP contribution in [0.4, 0.5) is 0 Å². The van der Waals surface area contributed by atoms with Gasteiger partial charge in [-0.15, -0.1) is 0 Å². The number of carboxylic acids is 1. The van der Waals surface area contributed by atoms with E-state index in [-0.39, 0.29) is 5.92 Å². The third-order valence-electron chi connectivity index (χ3n) is 3.96. The largest absolute Gasteiger partial charge is 0.481 e. The summed E-state index contributed by atoms with van der Waals surface area (Å²) in [7, 11) is 0. The highest BCUT2D eigenvalue weighted by Gasteiger charge is 2.29. The lowest BCUT2D eigenvalue weighted by Gasteiger charge is -2.29. The number of carbonyl (C=O) groups is 1. The van der Waals surface area contributed by atoms with Crippen molar-refractivity contribution in [2.75, 3.05) is 13.1 Å². The molecular weight excluding hydrogens is 306 g/mol. The fourth-order valence-corrected chi connectivity index (χ4v) is 3.45. The summed E-state index contributed by atoms with van der Waals surface area (Å²) in [6, 6.07) is 6.68. The summed E-state index contributed by atoms with van der Waals surface area (Å²) in [5, 5.41) is 9.07. The molecule has 4 heteroatoms. The molecule has 1 aromatic rings. The molecule has 2 atom stereocenters. The topological polar surface area (TPSA) is 40.5 Å². The van der Waals surface area contributed by atoms with Gasteiger partial charge in [-0.2, -0.15) is 0 Å². The zero-order valence-corrected chi connectivity index (χ0v) is 13.0. The smallest absolute Gasteiger partial charge is 0.307 e. The zero-order chi connectivity index (χ0) is 14.0. The minimum atomic E-state index is -0.717. The molecule has 3 nitrogen and oxygen atoms in total. The first-order chi connectivity index (χ1) is 9.04. The van der Waals surface area contributed by atoms with E-state index in [0.717, 1.165) is 19.4 Å². The predicted molar refractivity (Wildman–Crippen MR) is 79.3 cm³/mol. The maximum absolute atomic E-state index is 11.0. The maximum Gasteiger partial charge on any atom is 0.307 e. The number of nitrogens with zero attached hydrogens (tertiary/aromatic N) is 1. The van der Waals surface area contributed by atoms with Crippen LogP contribution in [0.2, 0.25) is 0 Å². The molecule has 1 N–H and O–H groups in total. The first kappa shape index (κ1) is 14.5. The van der Waals surface area contributed by atoms with E-state index < -0.39 is 5.97 Å². The van der Waals surface area contributed by atoms with E-state index >= 15 is 0 Å². The molecule has 0 heterocycles. The second-order valence-corrected chi connectivity index (χ2v) is 6.04. The Morgan fingerprint density at radius 1 is 1.58 bits per heavy atom. The molecule has 0 spiro atoms. The third kappa shape index (κ3) is 3.00. The van der Waals surface area contributed by atoms with Gasteiger partial charge < -0.3 is 5.11 Å². The average Bonchev–Trinajstić information content (AvgIpc) is 2.80. The summed E-state index contributed by atoms with van der Waals surface area (Å²) >= 11 is 3.61. The highest BCUT2D eigenvalue weighted by Crippen LogP contribution is 2.39. The van der Waals surface area contributed by atoms with Crippen molar-refractivity contribution < 1.29 is 9.90 Å². The Morgan fingerprint density at radius 3 is 2.95 bits per heavy atom. The van der Waals surface area contributed by atoms with Gasteiger partial charge in [-0.25, -0.2) is 0 Å². The second-order valence-electron chi connectivity index (χ2n) is 5.19. The fraction of sp³-hybridized carbons (Fsp3) is 0.533. The highest BCUT2D eigenvalue weighted by atomic mass is 79.9. The van der Waals surface area contributed by atoms with Gasteiger partial charge in [-0.05, 0) is 36.6 Å². The van der Waals surface area contributed by atoms with Crippen molar-refractivity contribution in [2.24, 2.45) is 5.92 Å². The van der Waals surface area contributed by atoms with E-state index in [4.69, 9.17) is 5.11 Å². The molecule has 0 saturated carbocycles. The van der Waals surface area contributed by atoms with E-state index in [1.807, 2.05) is 0 Å². The van der Waals surface area contributed by atoms with E-state index in [2.05, 4.69) is 46.0 Å². The molecule has 0 saturated heterocycles. The Labute approximate surface area is 122 Å². The van der Waals surface area contributed by atoms with Crippen LogP contribution in [0.25, 0.3) is 0 Å². The van der Waals surface area contributed by atoms with Crippen LogP contribution in [0.1, 0.15) is 37.4 Å². The Kier molecular flexibility index (Phi) is 4.63. The number of hydrogen-bond acceptors (Lipinski definition) is 2. The summed E-state index contributed by atoms with van der Waals surface area (Å²) in [4.78, 5) is 13.3. The van der Waals surface area contributed by atoms with Crippen LogP contribution in [0.15, 0.2) is 22.7 Å². The number of carboxylic acid groups (broad SMARTS) is 1. The minimum Gasteiger partial charge on any atom is -0.481 e. The van der Waals surface area contributed by atoms with Gasteiger partial charge >= 0.3 is 5.97 Å². The van der Waals surface area contributed by atoms with Crippen LogP contribution in [0.5, 0.6) is 0 Å². The number of fused-ring (bicyclic) bond motifs is 1. The number of halogens is 1. The van der Waals surface area contributed by atoms with Crippen LogP contribution < -0.4 is 0 Å². The number of hydrogen-bond donors (Lipinski definition) is 1. The molecule has 0 aliphatic heterocycles. The lowest BCUT2D eigenvalue weighted by molar-refractivity contribution is -0.141. The van der Waals surface area contributed by atoms with Crippen LogP contribution in [-0.4, -0.2) is 29.1 Å². The Balaban J connectivity index is 2.19. The van der Waals surface area contributed by atoms with Gasteiger partial charge in [0.05, 0.1) is 5.92 Å². The van der Waals surface area contributed by atoms with Crippen LogP contribution in [-0.2, 0) is 11.2 Å². The minimum absolute atomic E-state index is 0.323. The number of benzene rings is 1. The molecule has 19 heavy (non-hydrogen) atoms. The molecule has 0 fully saturated rings. The SMILES string of the molecule is CCN(CC(C)C(=O)O)C1CCc2c(Br)cccc21. The van der Waals surface area contributed by atoms with Gasteiger partial charge in [-0.1, -0.05) is 41.9 Å². The molecular formula is C15H20BrNO2. The summed E-state index contributed by atoms with van der Waals surface area (Å²) < 4.78 is 1.18. The van der Waals surface area contributed by atoms with Crippen molar-refractivity contribution in [1.82, 2.24) is 4.90 Å². The molecule has 0 amide bonds. The van der Waals surface area contributed by atoms with E-state index in [0.29, 0.717) is 12.6 Å². The van der Waals surface area contributed by atoms with E-state index in [1.54, 1.807) is 6.92 Å². The molecule has 0 aromatic heterocycles. The summed E-state index contributed by atoms with van der Waals surface area (Å²) in [5.74, 6) is -1.04. The molecule has 0 radical (unpaired) electrons. The molecule has 2 unspecified atom stereocenters. The van der Waals surface area contributed by atoms with Gasteiger partial charge in [0.1, 0.15) is 0 Å². The molecule has 1 aliphatic carbocycles. The lowest BCUT2D eigenvalue weighted by Crippen LogP contribution is -2.34. The highest BCUT2D eigenvalue weighted by molar-refractivity contribution is 9.10. The van der Waals surface area contributed by atoms with Crippen LogP contribution in [0, 0.1) is 5.92 Å². The third-order valence-corrected chi connectivity index (χ3v) is 4.70. The molecule has 104 valence electrons. The first-order valence-electron chi connectivity index (χ1n) is 6.78.